The summed E-state index contributed by atoms with van der Waals surface area (Å²) in [6, 6.07) is 7.61. The van der Waals surface area contributed by atoms with E-state index in [1.807, 2.05) is 41.2 Å². The molecule has 0 spiro atoms. The average molecular weight is 179 g/mol. The van der Waals surface area contributed by atoms with E-state index in [9.17, 15) is 0 Å². The molecular formula is C9H7ClN2. The highest BCUT2D eigenvalue weighted by Gasteiger charge is 1.94. The fourth-order valence-electron chi connectivity index (χ4n) is 1.01. The molecule has 3 heteroatoms. The van der Waals surface area contributed by atoms with Crippen LogP contribution >= 0.6 is 11.6 Å². The smallest absolute Gasteiger partial charge is 0.136 e. The molecule has 0 aliphatic carbocycles. The van der Waals surface area contributed by atoms with Crippen LogP contribution in [0.25, 0.3) is 5.82 Å². The molecule has 12 heavy (non-hydrogen) atoms. The zero-order valence-electron chi connectivity index (χ0n) is 6.31. The van der Waals surface area contributed by atoms with Gasteiger partial charge in [0.05, 0.1) is 5.02 Å². The zero-order valence-corrected chi connectivity index (χ0v) is 7.07. The number of rotatable bonds is 1. The molecule has 0 bridgehead atoms. The first-order chi connectivity index (χ1) is 5.86. The topological polar surface area (TPSA) is 17.8 Å². The SMILES string of the molecule is Clc1ccc(-n2cccc2)nc1. The molecule has 0 saturated heterocycles. The van der Waals surface area contributed by atoms with Crippen molar-refractivity contribution in [1.29, 1.82) is 0 Å². The molecule has 60 valence electrons. The largest absolute Gasteiger partial charge is 0.309 e. The van der Waals surface area contributed by atoms with Crippen LogP contribution in [0, 0.1) is 0 Å². The molecule has 0 saturated carbocycles. The van der Waals surface area contributed by atoms with Crippen LogP contribution in [0.3, 0.4) is 0 Å². The van der Waals surface area contributed by atoms with Crippen molar-refractivity contribution in [1.82, 2.24) is 9.55 Å². The Morgan fingerprint density at radius 1 is 1.17 bits per heavy atom. The highest BCUT2D eigenvalue weighted by Crippen LogP contribution is 2.09. The summed E-state index contributed by atoms with van der Waals surface area (Å²) >= 11 is 5.70. The molecule has 0 amide bonds. The summed E-state index contributed by atoms with van der Waals surface area (Å²) in [4.78, 5) is 4.15. The van der Waals surface area contributed by atoms with E-state index in [4.69, 9.17) is 11.6 Å². The monoisotopic (exact) mass is 178 g/mol. The van der Waals surface area contributed by atoms with Crippen LogP contribution in [-0.2, 0) is 0 Å². The summed E-state index contributed by atoms with van der Waals surface area (Å²) in [6.45, 7) is 0. The van der Waals surface area contributed by atoms with Crippen LogP contribution in [0.5, 0.6) is 0 Å². The number of aromatic nitrogens is 2. The molecule has 2 heterocycles. The van der Waals surface area contributed by atoms with Gasteiger partial charge >= 0.3 is 0 Å². The summed E-state index contributed by atoms with van der Waals surface area (Å²) in [5, 5.41) is 0.658. The third-order valence-corrected chi connectivity index (χ3v) is 1.80. The van der Waals surface area contributed by atoms with Crippen LogP contribution in [0.4, 0.5) is 0 Å². The fraction of sp³-hybridized carbons (Fsp3) is 0. The van der Waals surface area contributed by atoms with E-state index in [0.717, 1.165) is 5.82 Å². The molecule has 0 N–H and O–H groups in total. The van der Waals surface area contributed by atoms with Gasteiger partial charge in [-0.1, -0.05) is 11.6 Å². The summed E-state index contributed by atoms with van der Waals surface area (Å²) in [6.07, 6.45) is 5.52. The summed E-state index contributed by atoms with van der Waals surface area (Å²) in [7, 11) is 0. The Bertz CT molecular complexity index is 351. The van der Waals surface area contributed by atoms with Gasteiger partial charge in [-0.3, -0.25) is 0 Å². The molecule has 0 atom stereocenters. The van der Waals surface area contributed by atoms with E-state index in [0.29, 0.717) is 5.02 Å². The van der Waals surface area contributed by atoms with Crippen LogP contribution < -0.4 is 0 Å². The summed E-state index contributed by atoms with van der Waals surface area (Å²) in [5.74, 6) is 0.879. The predicted molar refractivity (Wildman–Crippen MR) is 48.6 cm³/mol. The highest BCUT2D eigenvalue weighted by molar-refractivity contribution is 6.30. The molecule has 2 aromatic rings. The van der Waals surface area contributed by atoms with Gasteiger partial charge in [0, 0.05) is 18.6 Å². The molecule has 0 radical (unpaired) electrons. The number of hydrogen-bond donors (Lipinski definition) is 0. The van der Waals surface area contributed by atoms with Crippen molar-refractivity contribution in [3.63, 3.8) is 0 Å². The van der Waals surface area contributed by atoms with Gasteiger partial charge in [0.15, 0.2) is 0 Å². The number of nitrogens with zero attached hydrogens (tertiary/aromatic N) is 2. The maximum absolute atomic E-state index is 5.70. The van der Waals surface area contributed by atoms with Crippen LogP contribution in [-0.4, -0.2) is 9.55 Å². The first kappa shape index (κ1) is 7.37. The Morgan fingerprint density at radius 2 is 1.92 bits per heavy atom. The maximum Gasteiger partial charge on any atom is 0.136 e. The van der Waals surface area contributed by atoms with E-state index in [-0.39, 0.29) is 0 Å². The first-order valence-corrected chi connectivity index (χ1v) is 3.99. The lowest BCUT2D eigenvalue weighted by Crippen LogP contribution is -1.91. The highest BCUT2D eigenvalue weighted by atomic mass is 35.5. The Kier molecular flexibility index (Phi) is 1.84. The van der Waals surface area contributed by atoms with Crippen molar-refractivity contribution in [3.05, 3.63) is 47.9 Å². The van der Waals surface area contributed by atoms with Crippen molar-refractivity contribution in [2.45, 2.75) is 0 Å². The first-order valence-electron chi connectivity index (χ1n) is 3.61. The normalized spacial score (nSPS) is 10.1. The second-order valence-corrected chi connectivity index (χ2v) is 2.86. The lowest BCUT2D eigenvalue weighted by molar-refractivity contribution is 1.01. The van der Waals surface area contributed by atoms with Gasteiger partial charge < -0.3 is 4.57 Å². The standard InChI is InChI=1S/C9H7ClN2/c10-8-3-4-9(11-7-8)12-5-1-2-6-12/h1-7H. The summed E-state index contributed by atoms with van der Waals surface area (Å²) in [5.41, 5.74) is 0. The predicted octanol–water partition coefficient (Wildman–Crippen LogP) is 2.53. The van der Waals surface area contributed by atoms with E-state index in [2.05, 4.69) is 4.98 Å². The number of halogens is 1. The van der Waals surface area contributed by atoms with Crippen molar-refractivity contribution < 1.29 is 0 Å². The van der Waals surface area contributed by atoms with Gasteiger partial charge in [-0.2, -0.15) is 0 Å². The van der Waals surface area contributed by atoms with Crippen LogP contribution in [0.1, 0.15) is 0 Å². The molecule has 0 aliphatic heterocycles. The molecule has 0 aromatic carbocycles. The van der Waals surface area contributed by atoms with Crippen LogP contribution in [0.2, 0.25) is 5.02 Å². The number of hydrogen-bond acceptors (Lipinski definition) is 1. The third-order valence-electron chi connectivity index (χ3n) is 1.58. The number of pyridine rings is 1. The van der Waals surface area contributed by atoms with Crippen molar-refractivity contribution in [2.24, 2.45) is 0 Å². The minimum absolute atomic E-state index is 0.658. The Balaban J connectivity index is 2.43. The molecule has 2 aromatic heterocycles. The van der Waals surface area contributed by atoms with Gasteiger partial charge in [0.1, 0.15) is 5.82 Å². The quantitative estimate of drug-likeness (QED) is 0.656. The minimum atomic E-state index is 0.658. The minimum Gasteiger partial charge on any atom is -0.309 e. The lowest BCUT2D eigenvalue weighted by Gasteiger charge is -1.99. The summed E-state index contributed by atoms with van der Waals surface area (Å²) < 4.78 is 1.93. The van der Waals surface area contributed by atoms with Crippen molar-refractivity contribution >= 4 is 11.6 Å². The van der Waals surface area contributed by atoms with Gasteiger partial charge in [-0.25, -0.2) is 4.98 Å². The average Bonchev–Trinajstić information content (AvgIpc) is 2.58. The Hall–Kier alpha value is -1.28. The van der Waals surface area contributed by atoms with E-state index in [1.54, 1.807) is 6.20 Å². The molecule has 2 nitrogen and oxygen atoms in total. The van der Waals surface area contributed by atoms with Crippen molar-refractivity contribution in [2.75, 3.05) is 0 Å². The van der Waals surface area contributed by atoms with Gasteiger partial charge in [0.2, 0.25) is 0 Å². The molecule has 0 aliphatic rings. The molecule has 2 rings (SSSR count). The van der Waals surface area contributed by atoms with E-state index < -0.39 is 0 Å². The van der Waals surface area contributed by atoms with Crippen LogP contribution in [0.15, 0.2) is 42.9 Å². The molecule has 0 fully saturated rings. The van der Waals surface area contributed by atoms with Gasteiger partial charge in [-0.05, 0) is 24.3 Å². The second kappa shape index (κ2) is 2.99. The maximum atomic E-state index is 5.70. The second-order valence-electron chi connectivity index (χ2n) is 2.42. The molecule has 0 unspecified atom stereocenters. The van der Waals surface area contributed by atoms with E-state index >= 15 is 0 Å². The Morgan fingerprint density at radius 3 is 2.50 bits per heavy atom. The zero-order chi connectivity index (χ0) is 8.39. The third kappa shape index (κ3) is 1.34. The van der Waals surface area contributed by atoms with E-state index in [1.165, 1.54) is 0 Å². The fourth-order valence-corrected chi connectivity index (χ4v) is 1.12. The lowest BCUT2D eigenvalue weighted by atomic mass is 10.4. The molecular weight excluding hydrogens is 172 g/mol. The van der Waals surface area contributed by atoms with Gasteiger partial charge in [0.25, 0.3) is 0 Å². The van der Waals surface area contributed by atoms with Gasteiger partial charge in [-0.15, -0.1) is 0 Å². The Labute approximate surface area is 75.4 Å². The van der Waals surface area contributed by atoms with Crippen molar-refractivity contribution in [3.8, 4) is 5.82 Å².